The molecule has 0 saturated carbocycles. The Morgan fingerprint density at radius 1 is 1.03 bits per heavy atom. The lowest BCUT2D eigenvalue weighted by molar-refractivity contribution is 0.104. The van der Waals surface area contributed by atoms with E-state index in [1.807, 2.05) is 18.2 Å². The van der Waals surface area contributed by atoms with Crippen molar-refractivity contribution in [1.82, 2.24) is 14.5 Å². The number of amides is 2. The van der Waals surface area contributed by atoms with Crippen molar-refractivity contribution in [3.63, 3.8) is 0 Å². The first-order valence-corrected chi connectivity index (χ1v) is 10.4. The number of nitrogens with two attached hydrogens (primary N) is 1. The van der Waals surface area contributed by atoms with Crippen molar-refractivity contribution in [2.24, 2.45) is 0 Å². The van der Waals surface area contributed by atoms with Crippen LogP contribution in [0.4, 0.5) is 22.0 Å². The predicted octanol–water partition coefficient (Wildman–Crippen LogP) is 4.95. The van der Waals surface area contributed by atoms with Crippen LogP contribution in [0.25, 0.3) is 16.7 Å². The zero-order valence-corrected chi connectivity index (χ0v) is 17.9. The minimum Gasteiger partial charge on any atom is -0.383 e. The number of nitrogens with zero attached hydrogens (tertiary/aromatic N) is 3. The molecular weight excluding hydrogens is 440 g/mol. The zero-order valence-electron chi connectivity index (χ0n) is 17.1. The van der Waals surface area contributed by atoms with E-state index < -0.39 is 6.03 Å². The Morgan fingerprint density at radius 2 is 1.85 bits per heavy atom. The highest BCUT2D eigenvalue weighted by Gasteiger charge is 2.22. The number of allylic oxidation sites excluding steroid dienone is 4. The van der Waals surface area contributed by atoms with E-state index in [1.165, 1.54) is 6.33 Å². The van der Waals surface area contributed by atoms with Gasteiger partial charge in [0.15, 0.2) is 11.4 Å². The van der Waals surface area contributed by atoms with Crippen LogP contribution < -0.4 is 16.4 Å². The van der Waals surface area contributed by atoms with Gasteiger partial charge in [-0.05, 0) is 36.4 Å². The number of halogens is 1. The molecule has 0 unspecified atom stereocenters. The Hall–Kier alpha value is -4.43. The highest BCUT2D eigenvalue weighted by atomic mass is 35.5. The lowest BCUT2D eigenvalue weighted by atomic mass is 10.0. The third-order valence-corrected chi connectivity index (χ3v) is 5.50. The molecule has 0 fully saturated rings. The van der Waals surface area contributed by atoms with Crippen LogP contribution in [0.5, 0.6) is 0 Å². The maximum atomic E-state index is 13.4. The number of carbonyl (C=O) groups excluding carboxylic acids is 2. The van der Waals surface area contributed by atoms with Crippen LogP contribution in [0.3, 0.4) is 0 Å². The van der Waals surface area contributed by atoms with Gasteiger partial charge in [-0.2, -0.15) is 0 Å². The van der Waals surface area contributed by atoms with Crippen molar-refractivity contribution in [2.45, 2.75) is 0 Å². The molecule has 33 heavy (non-hydrogen) atoms. The first-order valence-electron chi connectivity index (χ1n) is 9.99. The van der Waals surface area contributed by atoms with Crippen molar-refractivity contribution in [1.29, 1.82) is 0 Å². The summed E-state index contributed by atoms with van der Waals surface area (Å²) in [6, 6.07) is 13.1. The van der Waals surface area contributed by atoms with Gasteiger partial charge in [0.1, 0.15) is 12.1 Å². The molecule has 2 amide bonds. The molecule has 9 heteroatoms. The number of anilines is 3. The minimum absolute atomic E-state index is 0.222. The molecule has 0 radical (unpaired) electrons. The fourth-order valence-electron chi connectivity index (χ4n) is 3.54. The Balaban J connectivity index is 1.44. The second-order valence-electron chi connectivity index (χ2n) is 7.29. The molecule has 2 heterocycles. The van der Waals surface area contributed by atoms with Gasteiger partial charge in [-0.1, -0.05) is 41.9 Å². The number of hydrogen-bond acceptors (Lipinski definition) is 5. The number of rotatable bonds is 5. The summed E-state index contributed by atoms with van der Waals surface area (Å²) in [5.74, 6) is -0.0429. The molecule has 5 rings (SSSR count). The van der Waals surface area contributed by atoms with Crippen LogP contribution in [-0.2, 0) is 0 Å². The van der Waals surface area contributed by atoms with Crippen LogP contribution in [0.15, 0.2) is 79.3 Å². The van der Waals surface area contributed by atoms with E-state index in [9.17, 15) is 9.59 Å². The fraction of sp³-hybridized carbons (Fsp3) is 0. The predicted molar refractivity (Wildman–Crippen MR) is 129 cm³/mol. The number of hydrogen-bond donors (Lipinski definition) is 3. The average Bonchev–Trinajstić information content (AvgIpc) is 3.14. The third kappa shape index (κ3) is 3.83. The highest BCUT2D eigenvalue weighted by Crippen LogP contribution is 2.30. The fourth-order valence-corrected chi connectivity index (χ4v) is 3.72. The van der Waals surface area contributed by atoms with E-state index in [-0.39, 0.29) is 11.6 Å². The molecule has 0 atom stereocenters. The topological polar surface area (TPSA) is 115 Å². The number of urea groups is 1. The summed E-state index contributed by atoms with van der Waals surface area (Å²) < 4.78 is 1.81. The summed E-state index contributed by atoms with van der Waals surface area (Å²) in [5, 5.41) is 6.31. The van der Waals surface area contributed by atoms with Gasteiger partial charge >= 0.3 is 6.03 Å². The van der Waals surface area contributed by atoms with Gasteiger partial charge in [0.25, 0.3) is 0 Å². The Kier molecular flexibility index (Phi) is 5.12. The largest absolute Gasteiger partial charge is 0.383 e. The number of nitrogens with one attached hydrogen (secondary N) is 2. The number of benzene rings is 2. The second kappa shape index (κ2) is 8.25. The zero-order chi connectivity index (χ0) is 22.9. The van der Waals surface area contributed by atoms with E-state index >= 15 is 0 Å². The van der Waals surface area contributed by atoms with Gasteiger partial charge in [0, 0.05) is 23.1 Å². The van der Waals surface area contributed by atoms with Crippen LogP contribution >= 0.6 is 11.6 Å². The van der Waals surface area contributed by atoms with Gasteiger partial charge in [-0.15, -0.1) is 0 Å². The first-order chi connectivity index (χ1) is 16.0. The molecule has 1 aliphatic carbocycles. The molecule has 8 nitrogen and oxygen atoms in total. The number of aromatic nitrogens is 3. The van der Waals surface area contributed by atoms with Crippen LogP contribution in [0.1, 0.15) is 15.9 Å². The molecule has 1 aliphatic rings. The lowest BCUT2D eigenvalue weighted by Crippen LogP contribution is -2.19. The van der Waals surface area contributed by atoms with E-state index in [2.05, 4.69) is 20.6 Å². The number of para-hydroxylation sites is 1. The van der Waals surface area contributed by atoms with E-state index in [1.54, 1.807) is 59.3 Å². The van der Waals surface area contributed by atoms with Crippen LogP contribution in [0, 0.1) is 0 Å². The lowest BCUT2D eigenvalue weighted by Gasteiger charge is -2.10. The van der Waals surface area contributed by atoms with E-state index in [0.717, 1.165) is 5.70 Å². The normalized spacial score (nSPS) is 12.2. The SMILES string of the molecule is Nc1ncnc2c1c(C(=O)c1cccc(NC(=O)Nc3ccccc3Cl)c1)cn2C1=CC=C1. The molecule has 2 aromatic carbocycles. The molecular formula is C24H17ClN6O2. The van der Waals surface area contributed by atoms with E-state index in [4.69, 9.17) is 17.3 Å². The monoisotopic (exact) mass is 456 g/mol. The van der Waals surface area contributed by atoms with Crippen molar-refractivity contribution in [2.75, 3.05) is 16.4 Å². The molecule has 0 bridgehead atoms. The molecule has 0 aliphatic heterocycles. The number of nitrogen functional groups attached to an aromatic ring is 1. The van der Waals surface area contributed by atoms with Gasteiger partial charge < -0.3 is 20.9 Å². The summed E-state index contributed by atoms with van der Waals surface area (Å²) >= 11 is 6.09. The van der Waals surface area contributed by atoms with Crippen LogP contribution in [0.2, 0.25) is 5.02 Å². The Labute approximate surface area is 193 Å². The van der Waals surface area contributed by atoms with Crippen molar-refractivity contribution in [3.05, 3.63) is 95.4 Å². The summed E-state index contributed by atoms with van der Waals surface area (Å²) in [7, 11) is 0. The summed E-state index contributed by atoms with van der Waals surface area (Å²) in [5.41, 5.74) is 9.22. The molecule has 0 spiro atoms. The maximum Gasteiger partial charge on any atom is 0.323 e. The van der Waals surface area contributed by atoms with Crippen molar-refractivity contribution >= 4 is 57.3 Å². The molecule has 0 saturated heterocycles. The van der Waals surface area contributed by atoms with Gasteiger partial charge in [0.2, 0.25) is 0 Å². The molecule has 162 valence electrons. The van der Waals surface area contributed by atoms with Crippen LogP contribution in [-0.4, -0.2) is 26.3 Å². The first kappa shape index (κ1) is 20.5. The van der Waals surface area contributed by atoms with Crippen molar-refractivity contribution in [3.8, 4) is 0 Å². The van der Waals surface area contributed by atoms with E-state index in [0.29, 0.717) is 38.6 Å². The molecule has 2 aromatic heterocycles. The van der Waals surface area contributed by atoms with Gasteiger partial charge in [0.05, 0.1) is 21.7 Å². The highest BCUT2D eigenvalue weighted by molar-refractivity contribution is 6.33. The molecule has 4 N–H and O–H groups in total. The molecule has 4 aromatic rings. The Morgan fingerprint density at radius 3 is 2.61 bits per heavy atom. The van der Waals surface area contributed by atoms with Gasteiger partial charge in [-0.25, -0.2) is 14.8 Å². The van der Waals surface area contributed by atoms with Crippen molar-refractivity contribution < 1.29 is 9.59 Å². The Bertz CT molecular complexity index is 1490. The standard InChI is InChI=1S/C24H17ClN6O2/c25-18-9-1-2-10-19(18)30-24(33)29-15-6-3-5-14(11-15)21(32)17-12-31(16-7-4-8-16)23-20(17)22(26)27-13-28-23/h1-13H,(H2,26,27,28)(H2,29,30,33). The quantitative estimate of drug-likeness (QED) is 0.367. The summed E-state index contributed by atoms with van der Waals surface area (Å²) in [4.78, 5) is 34.2. The summed E-state index contributed by atoms with van der Waals surface area (Å²) in [6.45, 7) is 0. The van der Waals surface area contributed by atoms with Gasteiger partial charge in [-0.3, -0.25) is 4.79 Å². The third-order valence-electron chi connectivity index (χ3n) is 5.17. The minimum atomic E-state index is -0.481. The second-order valence-corrected chi connectivity index (χ2v) is 7.70. The number of carbonyl (C=O) groups is 2. The average molecular weight is 457 g/mol. The summed E-state index contributed by atoms with van der Waals surface area (Å²) in [6.07, 6.45) is 8.80. The number of ketones is 1. The number of fused-ring (bicyclic) bond motifs is 1. The maximum absolute atomic E-state index is 13.4. The smallest absolute Gasteiger partial charge is 0.323 e.